The zero-order valence-corrected chi connectivity index (χ0v) is 13.9. The third kappa shape index (κ3) is 4.33. The van der Waals surface area contributed by atoms with Gasteiger partial charge in [0.15, 0.2) is 0 Å². The van der Waals surface area contributed by atoms with Gasteiger partial charge in [0.1, 0.15) is 5.75 Å². The molecular weight excluding hydrogens is 326 g/mol. The summed E-state index contributed by atoms with van der Waals surface area (Å²) in [5.41, 5.74) is 3.17. The maximum atomic E-state index is 12.3. The molecule has 1 aliphatic carbocycles. The molecule has 0 saturated carbocycles. The topological polar surface area (TPSA) is 41.6 Å². The number of hydrogen-bond donors (Lipinski definition) is 1. The second-order valence-electron chi connectivity index (χ2n) is 6.12. The highest BCUT2D eigenvalue weighted by Crippen LogP contribution is 2.34. The highest BCUT2D eigenvalue weighted by Gasteiger charge is 2.26. The number of halogens is 2. The number of ether oxygens (including phenoxy) is 1. The van der Waals surface area contributed by atoms with Gasteiger partial charge in [0.25, 0.3) is 0 Å². The van der Waals surface area contributed by atoms with Crippen molar-refractivity contribution in [2.24, 2.45) is 0 Å². The molecule has 0 aromatic heterocycles. The summed E-state index contributed by atoms with van der Waals surface area (Å²) in [6.45, 7) is -2.60. The average Bonchev–Trinajstić information content (AvgIpc) is 3.00. The number of amides is 1. The number of benzene rings is 2. The number of alkyl halides is 2. The van der Waals surface area contributed by atoms with Crippen molar-refractivity contribution in [3.8, 4) is 5.75 Å². The number of nitrogens with one attached hydrogen (secondary N) is 1. The fourth-order valence-electron chi connectivity index (χ4n) is 3.25. The van der Waals surface area contributed by atoms with Gasteiger partial charge in [-0.2, -0.15) is 8.78 Å². The Kier molecular flexibility index (Phi) is 5.28. The summed E-state index contributed by atoms with van der Waals surface area (Å²) in [5, 5.41) is 2.78. The zero-order valence-electron chi connectivity index (χ0n) is 13.9. The van der Waals surface area contributed by atoms with Crippen LogP contribution in [0.2, 0.25) is 0 Å². The molecule has 3 rings (SSSR count). The number of anilines is 1. The minimum absolute atomic E-state index is 0.0627. The van der Waals surface area contributed by atoms with Crippen LogP contribution in [0.25, 0.3) is 0 Å². The van der Waals surface area contributed by atoms with Crippen molar-refractivity contribution in [1.29, 1.82) is 0 Å². The SMILES string of the molecule is CN(CC(=O)Nc1ccc(OC(F)F)cc1)[C@H]1CCc2ccccc21. The first-order valence-corrected chi connectivity index (χ1v) is 8.15. The number of rotatable bonds is 6. The Hall–Kier alpha value is -2.47. The van der Waals surface area contributed by atoms with E-state index >= 15 is 0 Å². The minimum atomic E-state index is -2.86. The molecule has 0 unspecified atom stereocenters. The molecule has 0 saturated heterocycles. The lowest BCUT2D eigenvalue weighted by molar-refractivity contribution is -0.117. The van der Waals surface area contributed by atoms with Gasteiger partial charge in [0.05, 0.1) is 6.54 Å². The van der Waals surface area contributed by atoms with Gasteiger partial charge in [-0.05, 0) is 55.3 Å². The molecule has 0 fully saturated rings. The third-order valence-electron chi connectivity index (χ3n) is 4.39. The van der Waals surface area contributed by atoms with Crippen LogP contribution in [0.5, 0.6) is 5.75 Å². The fraction of sp³-hybridized carbons (Fsp3) is 0.316. The van der Waals surface area contributed by atoms with E-state index < -0.39 is 6.61 Å². The minimum Gasteiger partial charge on any atom is -0.435 e. The zero-order chi connectivity index (χ0) is 17.8. The molecule has 0 radical (unpaired) electrons. The number of carbonyl (C=O) groups is 1. The number of hydrogen-bond acceptors (Lipinski definition) is 3. The predicted octanol–water partition coefficient (Wildman–Crippen LogP) is 3.85. The number of nitrogens with zero attached hydrogens (tertiary/aromatic N) is 1. The summed E-state index contributed by atoms with van der Waals surface area (Å²) in [7, 11) is 1.94. The number of aryl methyl sites for hydroxylation is 1. The van der Waals surface area contributed by atoms with Crippen molar-refractivity contribution in [2.75, 3.05) is 18.9 Å². The summed E-state index contributed by atoms with van der Waals surface area (Å²) in [5.74, 6) is -0.0814. The van der Waals surface area contributed by atoms with Crippen LogP contribution in [0.1, 0.15) is 23.6 Å². The maximum absolute atomic E-state index is 12.3. The molecule has 0 bridgehead atoms. The van der Waals surface area contributed by atoms with E-state index in [1.165, 1.54) is 23.3 Å². The molecule has 2 aromatic rings. The molecule has 4 nitrogen and oxygen atoms in total. The first-order chi connectivity index (χ1) is 12.0. The Bertz CT molecular complexity index is 734. The van der Waals surface area contributed by atoms with Gasteiger partial charge in [0.2, 0.25) is 5.91 Å². The first kappa shape index (κ1) is 17.4. The monoisotopic (exact) mass is 346 g/mol. The highest BCUT2D eigenvalue weighted by molar-refractivity contribution is 5.92. The molecule has 0 heterocycles. The average molecular weight is 346 g/mol. The van der Waals surface area contributed by atoms with E-state index in [1.54, 1.807) is 12.1 Å². The van der Waals surface area contributed by atoms with E-state index in [-0.39, 0.29) is 24.2 Å². The second-order valence-corrected chi connectivity index (χ2v) is 6.12. The van der Waals surface area contributed by atoms with Crippen LogP contribution < -0.4 is 10.1 Å². The van der Waals surface area contributed by atoms with E-state index in [1.807, 2.05) is 24.1 Å². The van der Waals surface area contributed by atoms with Crippen LogP contribution in [0.15, 0.2) is 48.5 Å². The Morgan fingerprint density at radius 2 is 1.96 bits per heavy atom. The molecule has 1 N–H and O–H groups in total. The third-order valence-corrected chi connectivity index (χ3v) is 4.39. The molecule has 6 heteroatoms. The van der Waals surface area contributed by atoms with Crippen LogP contribution in [-0.2, 0) is 11.2 Å². The van der Waals surface area contributed by atoms with E-state index in [4.69, 9.17) is 0 Å². The normalized spacial score (nSPS) is 16.1. The van der Waals surface area contributed by atoms with Crippen LogP contribution in [0.3, 0.4) is 0 Å². The van der Waals surface area contributed by atoms with Crippen molar-refractivity contribution >= 4 is 11.6 Å². The van der Waals surface area contributed by atoms with Crippen molar-refractivity contribution in [2.45, 2.75) is 25.5 Å². The van der Waals surface area contributed by atoms with Gasteiger partial charge in [-0.3, -0.25) is 9.69 Å². The van der Waals surface area contributed by atoms with E-state index in [0.717, 1.165) is 12.8 Å². The molecule has 1 amide bonds. The van der Waals surface area contributed by atoms with E-state index in [9.17, 15) is 13.6 Å². The Balaban J connectivity index is 1.56. The fourth-order valence-corrected chi connectivity index (χ4v) is 3.25. The van der Waals surface area contributed by atoms with Gasteiger partial charge < -0.3 is 10.1 Å². The highest BCUT2D eigenvalue weighted by atomic mass is 19.3. The molecule has 2 aromatic carbocycles. The quantitative estimate of drug-likeness (QED) is 0.864. The maximum Gasteiger partial charge on any atom is 0.387 e. The second kappa shape index (κ2) is 7.61. The first-order valence-electron chi connectivity index (χ1n) is 8.15. The van der Waals surface area contributed by atoms with Gasteiger partial charge in [-0.25, -0.2) is 0 Å². The smallest absolute Gasteiger partial charge is 0.387 e. The molecule has 132 valence electrons. The standard InChI is InChI=1S/C19H20F2N2O2/c1-23(17-11-6-13-4-2-3-5-16(13)17)12-18(24)22-14-7-9-15(10-8-14)25-19(20)21/h2-5,7-10,17,19H,6,11-12H2,1H3,(H,22,24)/t17-/m0/s1. The van der Waals surface area contributed by atoms with Gasteiger partial charge in [-0.1, -0.05) is 24.3 Å². The van der Waals surface area contributed by atoms with Gasteiger partial charge in [0, 0.05) is 11.7 Å². The molecule has 0 spiro atoms. The Morgan fingerprint density at radius 1 is 1.24 bits per heavy atom. The largest absolute Gasteiger partial charge is 0.435 e. The molecule has 1 atom stereocenters. The molecular formula is C19H20F2N2O2. The van der Waals surface area contributed by atoms with Crippen LogP contribution in [-0.4, -0.2) is 31.0 Å². The summed E-state index contributed by atoms with van der Waals surface area (Å²) < 4.78 is 28.5. The summed E-state index contributed by atoms with van der Waals surface area (Å²) in [6, 6.07) is 14.4. The Labute approximate surface area is 145 Å². The van der Waals surface area contributed by atoms with Crippen molar-refractivity contribution in [3.63, 3.8) is 0 Å². The summed E-state index contributed by atoms with van der Waals surface area (Å²) in [6.07, 6.45) is 2.03. The molecule has 1 aliphatic rings. The van der Waals surface area contributed by atoms with E-state index in [2.05, 4.69) is 22.2 Å². The van der Waals surface area contributed by atoms with Crippen LogP contribution >= 0.6 is 0 Å². The summed E-state index contributed by atoms with van der Waals surface area (Å²) in [4.78, 5) is 14.3. The molecule has 0 aliphatic heterocycles. The van der Waals surface area contributed by atoms with Gasteiger partial charge >= 0.3 is 6.61 Å². The molecule has 25 heavy (non-hydrogen) atoms. The lowest BCUT2D eigenvalue weighted by atomic mass is 10.1. The van der Waals surface area contributed by atoms with Crippen LogP contribution in [0.4, 0.5) is 14.5 Å². The van der Waals surface area contributed by atoms with Crippen molar-refractivity contribution in [3.05, 3.63) is 59.7 Å². The Morgan fingerprint density at radius 3 is 2.68 bits per heavy atom. The lowest BCUT2D eigenvalue weighted by Gasteiger charge is -2.24. The van der Waals surface area contributed by atoms with Gasteiger partial charge in [-0.15, -0.1) is 0 Å². The lowest BCUT2D eigenvalue weighted by Crippen LogP contribution is -2.32. The van der Waals surface area contributed by atoms with Crippen molar-refractivity contribution < 1.29 is 18.3 Å². The van der Waals surface area contributed by atoms with Crippen molar-refractivity contribution in [1.82, 2.24) is 4.90 Å². The van der Waals surface area contributed by atoms with E-state index in [0.29, 0.717) is 5.69 Å². The predicted molar refractivity (Wildman–Crippen MR) is 91.8 cm³/mol. The number of likely N-dealkylation sites (N-methyl/N-ethyl adjacent to an activating group) is 1. The number of carbonyl (C=O) groups excluding carboxylic acids is 1. The van der Waals surface area contributed by atoms with Crippen LogP contribution in [0, 0.1) is 0 Å². The summed E-state index contributed by atoms with van der Waals surface area (Å²) >= 11 is 0. The number of fused-ring (bicyclic) bond motifs is 1.